The van der Waals surface area contributed by atoms with Crippen LogP contribution in [0, 0.1) is 0 Å². The molecule has 196 valence electrons. The third-order valence-corrected chi connectivity index (χ3v) is 7.78. The van der Waals surface area contributed by atoms with E-state index in [9.17, 15) is 0 Å². The van der Waals surface area contributed by atoms with Crippen LogP contribution in [-0.4, -0.2) is 9.97 Å². The van der Waals surface area contributed by atoms with Crippen LogP contribution in [0.5, 0.6) is 17.2 Å². The van der Waals surface area contributed by atoms with E-state index in [1.807, 2.05) is 91.3 Å². The van der Waals surface area contributed by atoms with Crippen LogP contribution in [0.1, 0.15) is 12.8 Å². The Kier molecular flexibility index (Phi) is 4.60. The molecular formula is C34H22N4O3. The lowest BCUT2D eigenvalue weighted by Crippen LogP contribution is -2.25. The predicted molar refractivity (Wildman–Crippen MR) is 159 cm³/mol. The molecule has 7 nitrogen and oxygen atoms in total. The van der Waals surface area contributed by atoms with Crippen LogP contribution in [-0.2, 0) is 0 Å². The van der Waals surface area contributed by atoms with Crippen molar-refractivity contribution < 1.29 is 13.9 Å². The molecule has 3 aromatic heterocycles. The summed E-state index contributed by atoms with van der Waals surface area (Å²) < 4.78 is 18.9. The summed E-state index contributed by atoms with van der Waals surface area (Å²) in [6.45, 7) is 0. The zero-order chi connectivity index (χ0) is 26.9. The Balaban J connectivity index is 1.18. The number of allylic oxidation sites excluding steroid dienone is 3. The third kappa shape index (κ3) is 3.32. The zero-order valence-corrected chi connectivity index (χ0v) is 21.8. The molecule has 0 saturated heterocycles. The van der Waals surface area contributed by atoms with E-state index in [-0.39, 0.29) is 0 Å². The minimum atomic E-state index is 0.741. The van der Waals surface area contributed by atoms with Crippen molar-refractivity contribution >= 4 is 50.6 Å². The number of para-hydroxylation sites is 6. The standard InChI is InChI=1S/C34H22N4O3/c1-5-13-27-23(9-1)37(24-10-2-6-14-28(24)39-27)33-17-31-21(19-35-33)22-20-36-34(18-32(22)41-31)38-25-11-3-7-15-29(25)40-30-16-8-4-12-26(30)38/h1-7,9-15,17-20H,8,16H2. The second kappa shape index (κ2) is 8.47. The molecular weight excluding hydrogens is 512 g/mol. The molecule has 3 aliphatic rings. The molecule has 3 aromatic carbocycles. The maximum absolute atomic E-state index is 6.49. The molecule has 0 unspecified atom stereocenters. The second-order valence-corrected chi connectivity index (χ2v) is 10.2. The summed E-state index contributed by atoms with van der Waals surface area (Å²) >= 11 is 0. The molecule has 5 heterocycles. The van der Waals surface area contributed by atoms with Crippen molar-refractivity contribution in [3.8, 4) is 17.2 Å². The van der Waals surface area contributed by atoms with Crippen LogP contribution >= 0.6 is 0 Å². The number of rotatable bonds is 2. The van der Waals surface area contributed by atoms with E-state index in [2.05, 4.69) is 28.0 Å². The first-order valence-electron chi connectivity index (χ1n) is 13.6. The summed E-state index contributed by atoms with van der Waals surface area (Å²) in [5, 5.41) is 1.83. The Bertz CT molecular complexity index is 2050. The first kappa shape index (κ1) is 22.3. The van der Waals surface area contributed by atoms with Gasteiger partial charge in [0, 0.05) is 41.7 Å². The number of ether oxygens (including phenoxy) is 2. The molecule has 2 aliphatic heterocycles. The smallest absolute Gasteiger partial charge is 0.151 e. The van der Waals surface area contributed by atoms with Crippen molar-refractivity contribution in [2.24, 2.45) is 0 Å². The fourth-order valence-corrected chi connectivity index (χ4v) is 5.91. The van der Waals surface area contributed by atoms with Crippen LogP contribution in [0.3, 0.4) is 0 Å². The van der Waals surface area contributed by atoms with Gasteiger partial charge in [0.05, 0.1) is 22.8 Å². The van der Waals surface area contributed by atoms with Gasteiger partial charge in [-0.3, -0.25) is 9.80 Å². The highest BCUT2D eigenvalue weighted by Gasteiger charge is 2.30. The number of nitrogens with zero attached hydrogens (tertiary/aromatic N) is 4. The first-order valence-corrected chi connectivity index (χ1v) is 13.6. The predicted octanol–water partition coefficient (Wildman–Crippen LogP) is 9.04. The fourth-order valence-electron chi connectivity index (χ4n) is 5.91. The van der Waals surface area contributed by atoms with Gasteiger partial charge in [-0.25, -0.2) is 9.97 Å². The van der Waals surface area contributed by atoms with E-state index in [0.717, 1.165) is 92.2 Å². The van der Waals surface area contributed by atoms with E-state index in [0.29, 0.717) is 0 Å². The highest BCUT2D eigenvalue weighted by molar-refractivity contribution is 6.06. The van der Waals surface area contributed by atoms with Crippen LogP contribution in [0.15, 0.2) is 125 Å². The number of fused-ring (bicyclic) bond motifs is 6. The van der Waals surface area contributed by atoms with E-state index in [1.54, 1.807) is 0 Å². The average molecular weight is 535 g/mol. The molecule has 0 bridgehead atoms. The van der Waals surface area contributed by atoms with E-state index >= 15 is 0 Å². The summed E-state index contributed by atoms with van der Waals surface area (Å²) in [5.74, 6) is 4.86. The van der Waals surface area contributed by atoms with Gasteiger partial charge in [0.2, 0.25) is 0 Å². The van der Waals surface area contributed by atoms with Gasteiger partial charge in [-0.1, -0.05) is 42.5 Å². The lowest BCUT2D eigenvalue weighted by molar-refractivity contribution is 0.388. The molecule has 0 amide bonds. The lowest BCUT2D eigenvalue weighted by atomic mass is 10.1. The molecule has 0 saturated carbocycles. The third-order valence-electron chi connectivity index (χ3n) is 7.78. The number of anilines is 5. The van der Waals surface area contributed by atoms with Crippen molar-refractivity contribution in [2.45, 2.75) is 12.8 Å². The molecule has 0 spiro atoms. The van der Waals surface area contributed by atoms with Gasteiger partial charge in [0.15, 0.2) is 17.2 Å². The maximum Gasteiger partial charge on any atom is 0.151 e. The SMILES string of the molecule is C1=CC2=C(CC1)Oc1ccccc1N2c1cc2oc3cc(N4c5ccccc5Oc5ccccc54)ncc3c2cn1. The number of aromatic nitrogens is 2. The highest BCUT2D eigenvalue weighted by Crippen LogP contribution is 2.50. The Morgan fingerprint density at radius 1 is 0.610 bits per heavy atom. The zero-order valence-electron chi connectivity index (χ0n) is 21.8. The van der Waals surface area contributed by atoms with Crippen molar-refractivity contribution in [1.29, 1.82) is 0 Å². The fraction of sp³-hybridized carbons (Fsp3) is 0.0588. The number of furan rings is 1. The van der Waals surface area contributed by atoms with Crippen molar-refractivity contribution in [2.75, 3.05) is 9.80 Å². The molecule has 0 radical (unpaired) electrons. The Labute approximate surface area is 235 Å². The Morgan fingerprint density at radius 3 is 1.78 bits per heavy atom. The van der Waals surface area contributed by atoms with Gasteiger partial charge < -0.3 is 13.9 Å². The van der Waals surface area contributed by atoms with Crippen LogP contribution < -0.4 is 19.3 Å². The topological polar surface area (TPSA) is 63.9 Å². The minimum absolute atomic E-state index is 0.741. The van der Waals surface area contributed by atoms with Gasteiger partial charge in [0.25, 0.3) is 0 Å². The summed E-state index contributed by atoms with van der Waals surface area (Å²) in [6.07, 6.45) is 9.85. The molecule has 0 fully saturated rings. The summed E-state index contributed by atoms with van der Waals surface area (Å²) in [5.41, 5.74) is 5.30. The van der Waals surface area contributed by atoms with Gasteiger partial charge >= 0.3 is 0 Å². The monoisotopic (exact) mass is 534 g/mol. The van der Waals surface area contributed by atoms with Gasteiger partial charge in [-0.15, -0.1) is 0 Å². The molecule has 9 rings (SSSR count). The number of hydrogen-bond acceptors (Lipinski definition) is 7. The number of benzene rings is 3. The van der Waals surface area contributed by atoms with Crippen molar-refractivity contribution in [1.82, 2.24) is 9.97 Å². The largest absolute Gasteiger partial charge is 0.457 e. The Morgan fingerprint density at radius 2 is 1.15 bits per heavy atom. The van der Waals surface area contributed by atoms with Gasteiger partial charge in [-0.2, -0.15) is 0 Å². The molecule has 0 N–H and O–H groups in total. The Hall–Kier alpha value is -5.56. The molecule has 7 heteroatoms. The van der Waals surface area contributed by atoms with E-state index < -0.39 is 0 Å². The lowest BCUT2D eigenvalue weighted by Gasteiger charge is -2.34. The van der Waals surface area contributed by atoms with Crippen LogP contribution in [0.4, 0.5) is 28.7 Å². The number of pyridine rings is 2. The normalized spacial score (nSPS) is 15.2. The van der Waals surface area contributed by atoms with Gasteiger partial charge in [0.1, 0.15) is 28.6 Å². The second-order valence-electron chi connectivity index (χ2n) is 10.2. The van der Waals surface area contributed by atoms with E-state index in [4.69, 9.17) is 23.9 Å². The van der Waals surface area contributed by atoms with E-state index in [1.165, 1.54) is 0 Å². The molecule has 6 aromatic rings. The van der Waals surface area contributed by atoms with Crippen LogP contribution in [0.2, 0.25) is 0 Å². The average Bonchev–Trinajstić information content (AvgIpc) is 3.39. The van der Waals surface area contributed by atoms with Crippen LogP contribution in [0.25, 0.3) is 21.9 Å². The molecule has 41 heavy (non-hydrogen) atoms. The number of hydrogen-bond donors (Lipinski definition) is 0. The quantitative estimate of drug-likeness (QED) is 0.219. The van der Waals surface area contributed by atoms with Gasteiger partial charge in [-0.05, 0) is 48.9 Å². The maximum atomic E-state index is 6.49. The summed E-state index contributed by atoms with van der Waals surface area (Å²) in [7, 11) is 0. The minimum Gasteiger partial charge on any atom is -0.457 e. The van der Waals surface area contributed by atoms with Crippen molar-refractivity contribution in [3.05, 3.63) is 121 Å². The summed E-state index contributed by atoms with van der Waals surface area (Å²) in [6, 6.07) is 28.0. The summed E-state index contributed by atoms with van der Waals surface area (Å²) in [4.78, 5) is 14.1. The first-order chi connectivity index (χ1) is 20.3. The highest BCUT2D eigenvalue weighted by atomic mass is 16.5. The molecule has 1 aliphatic carbocycles. The molecule has 0 atom stereocenters. The van der Waals surface area contributed by atoms with Crippen molar-refractivity contribution in [3.63, 3.8) is 0 Å².